The van der Waals surface area contributed by atoms with Crippen LogP contribution in [0.25, 0.3) is 38.9 Å². The first-order chi connectivity index (χ1) is 15.8. The van der Waals surface area contributed by atoms with Crippen molar-refractivity contribution in [2.24, 2.45) is 0 Å². The molecule has 5 aromatic rings. The zero-order valence-corrected chi connectivity index (χ0v) is 17.8. The number of carbonyl (C=O) groups excluding carboxylic acids is 1. The van der Waals surface area contributed by atoms with Gasteiger partial charge in [0.15, 0.2) is 5.78 Å². The summed E-state index contributed by atoms with van der Waals surface area (Å²) in [6.07, 6.45) is 2.29. The molecule has 2 heterocycles. The number of benzene rings is 3. The van der Waals surface area contributed by atoms with Gasteiger partial charge in [0.25, 0.3) is 0 Å². The number of Topliss-reactive ketones (excluding diaryl/α,β-unsaturated/α-hetero) is 1. The molecule has 0 amide bonds. The Hall–Kier alpha value is -3.92. The third kappa shape index (κ3) is 2.76. The molecule has 0 fully saturated rings. The van der Waals surface area contributed by atoms with E-state index in [0.717, 1.165) is 68.8 Å². The Kier molecular flexibility index (Phi) is 4.32. The maximum Gasteiger partial charge on any atom is 0.165 e. The molecule has 156 valence electrons. The minimum absolute atomic E-state index is 0.206. The highest BCUT2D eigenvalue weighted by atomic mass is 16.5. The van der Waals surface area contributed by atoms with E-state index < -0.39 is 0 Å². The van der Waals surface area contributed by atoms with E-state index in [4.69, 9.17) is 9.72 Å². The number of aryl methyl sites for hydroxylation is 1. The van der Waals surface area contributed by atoms with Crippen molar-refractivity contribution in [3.8, 4) is 28.3 Å². The summed E-state index contributed by atoms with van der Waals surface area (Å²) in [5, 5.41) is 1.90. The van der Waals surface area contributed by atoms with E-state index in [1.165, 1.54) is 0 Å². The number of carbonyl (C=O) groups is 1. The van der Waals surface area contributed by atoms with E-state index in [-0.39, 0.29) is 5.78 Å². The van der Waals surface area contributed by atoms with E-state index in [9.17, 15) is 4.79 Å². The SMILES string of the molecule is COc1ccc2c3c(n4c(-c5ccccc5)c(-c5ccccc5)nc4c2c1)CCCC3=O. The van der Waals surface area contributed by atoms with Gasteiger partial charge in [-0.1, -0.05) is 60.7 Å². The fraction of sp³-hybridized carbons (Fsp3) is 0.143. The lowest BCUT2D eigenvalue weighted by atomic mass is 9.90. The van der Waals surface area contributed by atoms with Gasteiger partial charge in [-0.2, -0.15) is 0 Å². The molecule has 0 spiro atoms. The molecule has 0 unspecified atom stereocenters. The topological polar surface area (TPSA) is 43.6 Å². The normalized spacial score (nSPS) is 13.5. The summed E-state index contributed by atoms with van der Waals surface area (Å²) >= 11 is 0. The van der Waals surface area contributed by atoms with Crippen molar-refractivity contribution < 1.29 is 9.53 Å². The maximum absolute atomic E-state index is 13.2. The minimum Gasteiger partial charge on any atom is -0.497 e. The van der Waals surface area contributed by atoms with Crippen molar-refractivity contribution in [1.82, 2.24) is 9.38 Å². The van der Waals surface area contributed by atoms with Crippen molar-refractivity contribution in [2.45, 2.75) is 19.3 Å². The number of ether oxygens (including phenoxy) is 1. The van der Waals surface area contributed by atoms with E-state index in [1.54, 1.807) is 7.11 Å². The molecule has 0 bridgehead atoms. The Morgan fingerprint density at radius 1 is 0.844 bits per heavy atom. The third-order valence-corrected chi connectivity index (χ3v) is 6.36. The number of hydrogen-bond acceptors (Lipinski definition) is 3. The second-order valence-electron chi connectivity index (χ2n) is 8.21. The number of hydrogen-bond donors (Lipinski definition) is 0. The fourth-order valence-corrected chi connectivity index (χ4v) is 4.93. The van der Waals surface area contributed by atoms with Gasteiger partial charge in [0, 0.05) is 34.2 Å². The highest BCUT2D eigenvalue weighted by Crippen LogP contribution is 2.40. The average Bonchev–Trinajstić information content (AvgIpc) is 3.26. The lowest BCUT2D eigenvalue weighted by Gasteiger charge is -2.21. The molecule has 0 atom stereocenters. The molecule has 0 radical (unpaired) electrons. The molecule has 32 heavy (non-hydrogen) atoms. The van der Waals surface area contributed by atoms with E-state index in [0.29, 0.717) is 6.42 Å². The van der Waals surface area contributed by atoms with Crippen LogP contribution < -0.4 is 4.74 Å². The summed E-state index contributed by atoms with van der Waals surface area (Å²) in [5.41, 5.74) is 6.85. The van der Waals surface area contributed by atoms with Crippen LogP contribution in [-0.2, 0) is 6.42 Å². The second kappa shape index (κ2) is 7.34. The van der Waals surface area contributed by atoms with E-state index >= 15 is 0 Å². The van der Waals surface area contributed by atoms with Crippen molar-refractivity contribution >= 4 is 22.2 Å². The number of fused-ring (bicyclic) bond motifs is 6. The molecule has 1 aliphatic carbocycles. The van der Waals surface area contributed by atoms with Crippen LogP contribution in [-0.4, -0.2) is 22.3 Å². The number of pyridine rings is 1. The van der Waals surface area contributed by atoms with Gasteiger partial charge in [-0.15, -0.1) is 0 Å². The Morgan fingerprint density at radius 3 is 2.28 bits per heavy atom. The highest BCUT2D eigenvalue weighted by Gasteiger charge is 2.28. The molecule has 0 saturated carbocycles. The first-order valence-corrected chi connectivity index (χ1v) is 11.0. The Balaban J connectivity index is 1.85. The number of rotatable bonds is 3. The van der Waals surface area contributed by atoms with Crippen molar-refractivity contribution in [3.63, 3.8) is 0 Å². The first kappa shape index (κ1) is 18.8. The molecular weight excluding hydrogens is 396 g/mol. The van der Waals surface area contributed by atoms with Crippen molar-refractivity contribution in [3.05, 3.63) is 90.1 Å². The summed E-state index contributed by atoms with van der Waals surface area (Å²) < 4.78 is 7.75. The van der Waals surface area contributed by atoms with Gasteiger partial charge < -0.3 is 4.74 Å². The van der Waals surface area contributed by atoms with Gasteiger partial charge in [0.1, 0.15) is 11.4 Å². The molecule has 4 nitrogen and oxygen atoms in total. The predicted octanol–water partition coefficient (Wildman–Crippen LogP) is 6.35. The molecular formula is C28H22N2O2. The summed E-state index contributed by atoms with van der Waals surface area (Å²) in [4.78, 5) is 18.3. The van der Waals surface area contributed by atoms with Crippen LogP contribution in [0.2, 0.25) is 0 Å². The first-order valence-electron chi connectivity index (χ1n) is 11.0. The lowest BCUT2D eigenvalue weighted by Crippen LogP contribution is -2.16. The predicted molar refractivity (Wildman–Crippen MR) is 127 cm³/mol. The van der Waals surface area contributed by atoms with Gasteiger partial charge in [0.05, 0.1) is 18.5 Å². The van der Waals surface area contributed by atoms with E-state index in [1.807, 2.05) is 54.6 Å². The molecule has 0 aliphatic heterocycles. The highest BCUT2D eigenvalue weighted by molar-refractivity contribution is 6.13. The largest absolute Gasteiger partial charge is 0.497 e. The molecule has 4 heteroatoms. The average molecular weight is 418 g/mol. The van der Waals surface area contributed by atoms with Crippen LogP contribution in [0, 0.1) is 0 Å². The number of imidazole rings is 1. The van der Waals surface area contributed by atoms with E-state index in [2.05, 4.69) is 28.7 Å². The Morgan fingerprint density at radius 2 is 1.56 bits per heavy atom. The van der Waals surface area contributed by atoms with Gasteiger partial charge >= 0.3 is 0 Å². The molecule has 0 N–H and O–H groups in total. The third-order valence-electron chi connectivity index (χ3n) is 6.36. The van der Waals surface area contributed by atoms with Gasteiger partial charge in [-0.25, -0.2) is 4.98 Å². The summed E-state index contributed by atoms with van der Waals surface area (Å²) in [7, 11) is 1.66. The van der Waals surface area contributed by atoms with Crippen LogP contribution in [0.1, 0.15) is 28.9 Å². The van der Waals surface area contributed by atoms with Gasteiger partial charge in [0.2, 0.25) is 0 Å². The molecule has 2 aromatic heterocycles. The molecule has 1 aliphatic rings. The quantitative estimate of drug-likeness (QED) is 0.343. The Labute approximate surface area is 186 Å². The summed E-state index contributed by atoms with van der Waals surface area (Å²) in [6.45, 7) is 0. The second-order valence-corrected chi connectivity index (χ2v) is 8.21. The minimum atomic E-state index is 0.206. The van der Waals surface area contributed by atoms with Crippen molar-refractivity contribution in [2.75, 3.05) is 7.11 Å². The zero-order valence-electron chi connectivity index (χ0n) is 17.8. The summed E-state index contributed by atoms with van der Waals surface area (Å²) in [6, 6.07) is 26.6. The number of nitrogens with zero attached hydrogens (tertiary/aromatic N) is 2. The molecule has 6 rings (SSSR count). The number of ketones is 1. The number of methoxy groups -OCH3 is 1. The maximum atomic E-state index is 13.2. The monoisotopic (exact) mass is 418 g/mol. The van der Waals surface area contributed by atoms with Crippen molar-refractivity contribution in [1.29, 1.82) is 0 Å². The molecule has 0 saturated heterocycles. The number of aromatic nitrogens is 2. The van der Waals surface area contributed by atoms with Crippen LogP contribution >= 0.6 is 0 Å². The van der Waals surface area contributed by atoms with Crippen LogP contribution in [0.15, 0.2) is 78.9 Å². The van der Waals surface area contributed by atoms with Crippen LogP contribution in [0.3, 0.4) is 0 Å². The van der Waals surface area contributed by atoms with Crippen LogP contribution in [0.4, 0.5) is 0 Å². The zero-order chi connectivity index (χ0) is 21.7. The van der Waals surface area contributed by atoms with Gasteiger partial charge in [-0.3, -0.25) is 9.20 Å². The fourth-order valence-electron chi connectivity index (χ4n) is 4.93. The lowest BCUT2D eigenvalue weighted by molar-refractivity contribution is 0.0973. The molecule has 3 aromatic carbocycles. The Bertz CT molecular complexity index is 1480. The van der Waals surface area contributed by atoms with Crippen LogP contribution in [0.5, 0.6) is 5.75 Å². The summed E-state index contributed by atoms with van der Waals surface area (Å²) in [5.74, 6) is 0.963. The standard InChI is InChI=1S/C28H22N2O2/c1-32-20-15-16-21-22(17-20)28-29-26(18-9-4-2-5-10-18)27(19-11-6-3-7-12-19)30(28)23-13-8-14-24(31)25(21)23/h2-7,9-12,15-17H,8,13-14H2,1H3. The van der Waals surface area contributed by atoms with Gasteiger partial charge in [-0.05, 0) is 36.4 Å². The smallest absolute Gasteiger partial charge is 0.165 e.